The quantitative estimate of drug-likeness (QED) is 0.822. The number of rotatable bonds is 2. The summed E-state index contributed by atoms with van der Waals surface area (Å²) in [5.74, 6) is 0. The van der Waals surface area contributed by atoms with E-state index in [1.807, 2.05) is 0 Å². The topological polar surface area (TPSA) is 26.7 Å². The van der Waals surface area contributed by atoms with Crippen LogP contribution in [0, 0.1) is 0 Å². The average Bonchev–Trinajstić information content (AvgIpc) is 2.29. The van der Waals surface area contributed by atoms with Crippen molar-refractivity contribution in [3.05, 3.63) is 24.3 Å². The molecule has 1 aliphatic rings. The highest BCUT2D eigenvalue weighted by Crippen LogP contribution is 2.35. The molecule has 16 heavy (non-hydrogen) atoms. The van der Waals surface area contributed by atoms with Gasteiger partial charge in [0, 0.05) is 20.1 Å². The molecule has 0 aliphatic carbocycles. The van der Waals surface area contributed by atoms with Gasteiger partial charge in [0.05, 0.1) is 23.5 Å². The van der Waals surface area contributed by atoms with E-state index < -0.39 is 0 Å². The van der Waals surface area contributed by atoms with Crippen LogP contribution in [0.3, 0.4) is 0 Å². The summed E-state index contributed by atoms with van der Waals surface area (Å²) in [6.07, 6.45) is 0. The minimum Gasteiger partial charge on any atom is -0.394 e. The number of aliphatic hydroxyl groups is 1. The lowest BCUT2D eigenvalue weighted by atomic mass is 10.0. The number of hydrogen-bond donors (Lipinski definition) is 1. The van der Waals surface area contributed by atoms with Crippen LogP contribution in [0.15, 0.2) is 24.3 Å². The van der Waals surface area contributed by atoms with Gasteiger partial charge in [-0.05, 0) is 26.0 Å². The largest absolute Gasteiger partial charge is 0.394 e. The molecule has 88 valence electrons. The highest BCUT2D eigenvalue weighted by molar-refractivity contribution is 5.74. The fourth-order valence-electron chi connectivity index (χ4n) is 2.22. The van der Waals surface area contributed by atoms with Gasteiger partial charge >= 0.3 is 0 Å². The molecule has 1 aliphatic heterocycles. The molecule has 1 N–H and O–H groups in total. The number of para-hydroxylation sites is 2. The second-order valence-corrected chi connectivity index (χ2v) is 5.03. The third-order valence-electron chi connectivity index (χ3n) is 3.36. The zero-order chi connectivity index (χ0) is 11.8. The number of aliphatic hydroxyl groups excluding tert-OH is 1. The molecular weight excluding hydrogens is 200 g/mol. The molecule has 0 radical (unpaired) electrons. The molecule has 0 spiro atoms. The van der Waals surface area contributed by atoms with Crippen molar-refractivity contribution in [2.45, 2.75) is 19.4 Å². The molecule has 0 bridgehead atoms. The molecule has 0 saturated heterocycles. The van der Waals surface area contributed by atoms with E-state index in [-0.39, 0.29) is 12.1 Å². The molecule has 0 atom stereocenters. The number of hydrogen-bond acceptors (Lipinski definition) is 3. The van der Waals surface area contributed by atoms with Crippen LogP contribution in [0.1, 0.15) is 13.8 Å². The van der Waals surface area contributed by atoms with Crippen LogP contribution in [-0.2, 0) is 0 Å². The van der Waals surface area contributed by atoms with Crippen LogP contribution in [-0.4, -0.2) is 37.4 Å². The molecular formula is C13H20N2O. The zero-order valence-corrected chi connectivity index (χ0v) is 10.3. The summed E-state index contributed by atoms with van der Waals surface area (Å²) in [5.41, 5.74) is 2.27. The maximum atomic E-state index is 9.48. The van der Waals surface area contributed by atoms with Crippen molar-refractivity contribution in [2.24, 2.45) is 0 Å². The van der Waals surface area contributed by atoms with Crippen molar-refractivity contribution in [2.75, 3.05) is 36.5 Å². The second-order valence-electron chi connectivity index (χ2n) is 5.03. The van der Waals surface area contributed by atoms with Gasteiger partial charge in [0.25, 0.3) is 0 Å². The fraction of sp³-hybridized carbons (Fsp3) is 0.538. The van der Waals surface area contributed by atoms with E-state index in [1.54, 1.807) is 0 Å². The molecule has 0 fully saturated rings. The first-order chi connectivity index (χ1) is 7.56. The molecule has 0 aromatic heterocycles. The Morgan fingerprint density at radius 2 is 1.81 bits per heavy atom. The van der Waals surface area contributed by atoms with Crippen molar-refractivity contribution < 1.29 is 5.11 Å². The van der Waals surface area contributed by atoms with E-state index in [4.69, 9.17) is 0 Å². The molecule has 3 heteroatoms. The summed E-state index contributed by atoms with van der Waals surface area (Å²) in [4.78, 5) is 4.56. The fourth-order valence-corrected chi connectivity index (χ4v) is 2.22. The average molecular weight is 220 g/mol. The maximum Gasteiger partial charge on any atom is 0.0658 e. The first-order valence-electron chi connectivity index (χ1n) is 5.75. The third-order valence-corrected chi connectivity index (χ3v) is 3.36. The van der Waals surface area contributed by atoms with Crippen molar-refractivity contribution in [1.29, 1.82) is 0 Å². The third kappa shape index (κ3) is 1.76. The summed E-state index contributed by atoms with van der Waals surface area (Å²) in [6.45, 7) is 6.29. The van der Waals surface area contributed by atoms with Crippen molar-refractivity contribution in [3.8, 4) is 0 Å². The van der Waals surface area contributed by atoms with Gasteiger partial charge in [0.1, 0.15) is 0 Å². The summed E-state index contributed by atoms with van der Waals surface area (Å²) in [5, 5.41) is 9.48. The van der Waals surface area contributed by atoms with E-state index in [2.05, 4.69) is 55.0 Å². The second kappa shape index (κ2) is 3.98. The van der Waals surface area contributed by atoms with Crippen LogP contribution < -0.4 is 9.80 Å². The van der Waals surface area contributed by atoms with E-state index in [1.165, 1.54) is 11.4 Å². The molecule has 1 aromatic carbocycles. The van der Waals surface area contributed by atoms with Gasteiger partial charge in [0.2, 0.25) is 0 Å². The SMILES string of the molecule is CN1CCN(C(C)(C)CO)c2ccccc21. The summed E-state index contributed by atoms with van der Waals surface area (Å²) in [7, 11) is 2.11. The normalized spacial score (nSPS) is 16.2. The molecule has 0 saturated carbocycles. The van der Waals surface area contributed by atoms with E-state index in [9.17, 15) is 5.11 Å². The Bertz CT molecular complexity index is 376. The smallest absolute Gasteiger partial charge is 0.0658 e. The molecule has 0 amide bonds. The monoisotopic (exact) mass is 220 g/mol. The predicted octanol–water partition coefficient (Wildman–Crippen LogP) is 1.71. The minimum atomic E-state index is -0.197. The lowest BCUT2D eigenvalue weighted by Gasteiger charge is -2.45. The van der Waals surface area contributed by atoms with Gasteiger partial charge < -0.3 is 14.9 Å². The van der Waals surface area contributed by atoms with Gasteiger partial charge in [-0.25, -0.2) is 0 Å². The predicted molar refractivity (Wildman–Crippen MR) is 68.2 cm³/mol. The standard InChI is InChI=1S/C13H20N2O/c1-13(2,10-16)15-9-8-14(3)11-6-4-5-7-12(11)15/h4-7,16H,8-10H2,1-3H3. The van der Waals surface area contributed by atoms with Crippen molar-refractivity contribution in [1.82, 2.24) is 0 Å². The first-order valence-corrected chi connectivity index (χ1v) is 5.75. The van der Waals surface area contributed by atoms with Gasteiger partial charge in [-0.15, -0.1) is 0 Å². The van der Waals surface area contributed by atoms with Gasteiger partial charge in [-0.1, -0.05) is 12.1 Å². The van der Waals surface area contributed by atoms with Gasteiger partial charge in [0.15, 0.2) is 0 Å². The van der Waals surface area contributed by atoms with E-state index in [0.717, 1.165) is 13.1 Å². The summed E-state index contributed by atoms with van der Waals surface area (Å²) in [6, 6.07) is 8.38. The van der Waals surface area contributed by atoms with Gasteiger partial charge in [-0.2, -0.15) is 0 Å². The molecule has 0 unspecified atom stereocenters. The van der Waals surface area contributed by atoms with Crippen LogP contribution in [0.2, 0.25) is 0 Å². The molecule has 2 rings (SSSR count). The number of anilines is 2. The molecule has 3 nitrogen and oxygen atoms in total. The van der Waals surface area contributed by atoms with Crippen LogP contribution in [0.5, 0.6) is 0 Å². The Morgan fingerprint density at radius 3 is 2.44 bits per heavy atom. The highest BCUT2D eigenvalue weighted by atomic mass is 16.3. The zero-order valence-electron chi connectivity index (χ0n) is 10.3. The van der Waals surface area contributed by atoms with E-state index >= 15 is 0 Å². The van der Waals surface area contributed by atoms with Crippen LogP contribution in [0.4, 0.5) is 11.4 Å². The first kappa shape index (κ1) is 11.3. The van der Waals surface area contributed by atoms with E-state index in [0.29, 0.717) is 0 Å². The minimum absolute atomic E-state index is 0.172. The number of fused-ring (bicyclic) bond motifs is 1. The van der Waals surface area contributed by atoms with Gasteiger partial charge in [-0.3, -0.25) is 0 Å². The highest BCUT2D eigenvalue weighted by Gasteiger charge is 2.31. The lowest BCUT2D eigenvalue weighted by molar-refractivity contribution is 0.211. The Labute approximate surface area is 97.3 Å². The van der Waals surface area contributed by atoms with Crippen LogP contribution >= 0.6 is 0 Å². The molecule has 1 heterocycles. The number of benzene rings is 1. The molecule has 1 aromatic rings. The Balaban J connectivity index is 2.42. The maximum absolute atomic E-state index is 9.48. The Morgan fingerprint density at radius 1 is 1.19 bits per heavy atom. The summed E-state index contributed by atoms with van der Waals surface area (Å²) >= 11 is 0. The Hall–Kier alpha value is -1.22. The lowest BCUT2D eigenvalue weighted by Crippen LogP contribution is -2.52. The van der Waals surface area contributed by atoms with Crippen molar-refractivity contribution in [3.63, 3.8) is 0 Å². The summed E-state index contributed by atoms with van der Waals surface area (Å²) < 4.78 is 0. The van der Waals surface area contributed by atoms with Crippen molar-refractivity contribution >= 4 is 11.4 Å². The Kier molecular flexibility index (Phi) is 2.80. The number of nitrogens with zero attached hydrogens (tertiary/aromatic N) is 2. The van der Waals surface area contributed by atoms with Crippen LogP contribution in [0.25, 0.3) is 0 Å². The number of likely N-dealkylation sites (N-methyl/N-ethyl adjacent to an activating group) is 1.